The predicted molar refractivity (Wildman–Crippen MR) is 130 cm³/mol. The maximum atomic E-state index is 11.6. The van der Waals surface area contributed by atoms with Crippen molar-refractivity contribution in [3.8, 4) is 5.75 Å². The van der Waals surface area contributed by atoms with E-state index in [1.165, 1.54) is 11.8 Å². The quantitative estimate of drug-likeness (QED) is 0.508. The first-order valence-corrected chi connectivity index (χ1v) is 12.1. The fourth-order valence-electron chi connectivity index (χ4n) is 4.15. The molecule has 0 atom stereocenters. The highest BCUT2D eigenvalue weighted by molar-refractivity contribution is 8.00. The molecule has 9 nitrogen and oxygen atoms in total. The van der Waals surface area contributed by atoms with E-state index in [9.17, 15) is 4.79 Å². The number of hydrogen-bond acceptors (Lipinski definition) is 9. The van der Waals surface area contributed by atoms with Crippen LogP contribution in [0.15, 0.2) is 41.6 Å². The van der Waals surface area contributed by atoms with Crippen molar-refractivity contribution in [2.24, 2.45) is 0 Å². The van der Waals surface area contributed by atoms with Crippen LogP contribution in [-0.2, 0) is 11.3 Å². The summed E-state index contributed by atoms with van der Waals surface area (Å²) in [5.41, 5.74) is 2.84. The lowest BCUT2D eigenvalue weighted by Gasteiger charge is -2.36. The monoisotopic (exact) mass is 465 g/mol. The molecule has 0 spiro atoms. The van der Waals surface area contributed by atoms with Crippen molar-refractivity contribution < 1.29 is 9.53 Å². The number of methoxy groups -OCH3 is 1. The van der Waals surface area contributed by atoms with E-state index in [-0.39, 0.29) is 5.91 Å². The molecule has 0 aliphatic carbocycles. The first-order valence-electron chi connectivity index (χ1n) is 11.1. The third kappa shape index (κ3) is 5.02. The number of amides is 1. The first kappa shape index (κ1) is 21.9. The molecule has 5 rings (SSSR count). The second-order valence-electron chi connectivity index (χ2n) is 8.07. The van der Waals surface area contributed by atoms with Gasteiger partial charge in [-0.3, -0.25) is 9.69 Å². The highest BCUT2D eigenvalue weighted by Gasteiger charge is 2.20. The number of hydrogen-bond donors (Lipinski definition) is 2. The van der Waals surface area contributed by atoms with Gasteiger partial charge in [-0.1, -0.05) is 0 Å². The molecule has 1 saturated heterocycles. The van der Waals surface area contributed by atoms with Gasteiger partial charge < -0.3 is 20.3 Å². The molecule has 2 N–H and O–H groups in total. The van der Waals surface area contributed by atoms with E-state index in [1.54, 1.807) is 13.3 Å². The Bertz CT molecular complexity index is 1150. The number of aromatic nitrogens is 3. The third-order valence-electron chi connectivity index (χ3n) is 5.94. The van der Waals surface area contributed by atoms with Gasteiger partial charge in [0.15, 0.2) is 5.65 Å². The average molecular weight is 466 g/mol. The first-order chi connectivity index (χ1) is 16.2. The van der Waals surface area contributed by atoms with Crippen LogP contribution in [0.1, 0.15) is 5.69 Å². The lowest BCUT2D eigenvalue weighted by atomic mass is 10.2. The summed E-state index contributed by atoms with van der Waals surface area (Å²) in [5.74, 6) is 1.90. The van der Waals surface area contributed by atoms with Gasteiger partial charge in [-0.15, -0.1) is 11.8 Å². The van der Waals surface area contributed by atoms with Crippen LogP contribution in [0.2, 0.25) is 0 Å². The fraction of sp³-hybridized carbons (Fsp3) is 0.391. The molecular weight excluding hydrogens is 438 g/mol. The summed E-state index contributed by atoms with van der Waals surface area (Å²) in [6, 6.07) is 8.14. The van der Waals surface area contributed by atoms with Gasteiger partial charge in [0.2, 0.25) is 5.91 Å². The largest absolute Gasteiger partial charge is 0.495 e. The summed E-state index contributed by atoms with van der Waals surface area (Å²) < 4.78 is 5.35. The van der Waals surface area contributed by atoms with Gasteiger partial charge >= 0.3 is 0 Å². The van der Waals surface area contributed by atoms with Gasteiger partial charge in [-0.05, 0) is 24.3 Å². The number of nitrogens with zero attached hydrogens (tertiary/aromatic N) is 5. The van der Waals surface area contributed by atoms with E-state index >= 15 is 0 Å². The second-order valence-corrected chi connectivity index (χ2v) is 9.09. The molecule has 0 unspecified atom stereocenters. The highest BCUT2D eigenvalue weighted by Crippen LogP contribution is 2.30. The minimum absolute atomic E-state index is 0.0133. The molecule has 0 aromatic carbocycles. The molecule has 2 aliphatic rings. The normalized spacial score (nSPS) is 16.5. The zero-order chi connectivity index (χ0) is 22.6. The van der Waals surface area contributed by atoms with Crippen LogP contribution in [0.3, 0.4) is 0 Å². The molecule has 0 saturated carbocycles. The Labute approximate surface area is 196 Å². The Morgan fingerprint density at radius 1 is 1.18 bits per heavy atom. The molecule has 172 valence electrons. The van der Waals surface area contributed by atoms with E-state index in [2.05, 4.69) is 41.5 Å². The molecule has 2 aliphatic heterocycles. The number of carbonyl (C=O) groups excluding carboxylic acids is 1. The van der Waals surface area contributed by atoms with Crippen LogP contribution in [-0.4, -0.2) is 77.9 Å². The van der Waals surface area contributed by atoms with E-state index in [4.69, 9.17) is 4.74 Å². The molecule has 3 aromatic rings. The van der Waals surface area contributed by atoms with Crippen molar-refractivity contribution in [2.45, 2.75) is 11.4 Å². The summed E-state index contributed by atoms with van der Waals surface area (Å²) in [4.78, 5) is 30.9. The maximum Gasteiger partial charge on any atom is 0.235 e. The van der Waals surface area contributed by atoms with Crippen molar-refractivity contribution >= 4 is 40.2 Å². The molecule has 1 fully saturated rings. The fourth-order valence-corrected chi connectivity index (χ4v) is 4.91. The maximum absolute atomic E-state index is 11.6. The van der Waals surface area contributed by atoms with E-state index in [1.807, 2.05) is 24.4 Å². The Kier molecular flexibility index (Phi) is 6.56. The van der Waals surface area contributed by atoms with Gasteiger partial charge in [-0.25, -0.2) is 15.0 Å². The number of fused-ring (bicyclic) bond motifs is 2. The standard InChI is InChI=1S/C23H27N7O2S/c1-32-17-12-18-19(4-5-25-22(18)26-14-17)30-10-8-29(9-11-30)7-6-24-13-16-2-3-20-23(27-16)28-21(31)15-33-20/h2-5,12,14,24H,6-11,13,15H2,1H3,(H,27,28,31). The minimum Gasteiger partial charge on any atom is -0.495 e. The Hall–Kier alpha value is -2.95. The Balaban J connectivity index is 1.11. The molecule has 10 heteroatoms. The summed E-state index contributed by atoms with van der Waals surface area (Å²) in [6.07, 6.45) is 3.53. The van der Waals surface area contributed by atoms with Crippen LogP contribution in [0.4, 0.5) is 11.5 Å². The molecule has 33 heavy (non-hydrogen) atoms. The summed E-state index contributed by atoms with van der Waals surface area (Å²) >= 11 is 1.53. The lowest BCUT2D eigenvalue weighted by Crippen LogP contribution is -2.48. The topological polar surface area (TPSA) is 95.5 Å². The van der Waals surface area contributed by atoms with Crippen LogP contribution in [0.5, 0.6) is 5.75 Å². The Morgan fingerprint density at radius 3 is 2.91 bits per heavy atom. The van der Waals surface area contributed by atoms with Crippen molar-refractivity contribution in [3.63, 3.8) is 0 Å². The summed E-state index contributed by atoms with van der Waals surface area (Å²) in [6.45, 7) is 6.48. The summed E-state index contributed by atoms with van der Waals surface area (Å²) in [7, 11) is 1.66. The van der Waals surface area contributed by atoms with Gasteiger partial charge in [0, 0.05) is 63.1 Å². The number of anilines is 2. The number of carbonyl (C=O) groups is 1. The van der Waals surface area contributed by atoms with Crippen LogP contribution in [0, 0.1) is 0 Å². The SMILES string of the molecule is COc1cnc2nccc(N3CCN(CCNCc4ccc5c(n4)NC(=O)CS5)CC3)c2c1. The van der Waals surface area contributed by atoms with Crippen molar-refractivity contribution in [2.75, 3.05) is 62.3 Å². The molecule has 5 heterocycles. The van der Waals surface area contributed by atoms with Crippen molar-refractivity contribution in [3.05, 3.63) is 42.4 Å². The number of pyridine rings is 3. The third-order valence-corrected chi connectivity index (χ3v) is 6.99. The number of ether oxygens (including phenoxy) is 1. The van der Waals surface area contributed by atoms with E-state index in [0.717, 1.165) is 72.3 Å². The van der Waals surface area contributed by atoms with Gasteiger partial charge in [0.05, 0.1) is 29.6 Å². The van der Waals surface area contributed by atoms with Gasteiger partial charge in [0.1, 0.15) is 11.6 Å². The van der Waals surface area contributed by atoms with Gasteiger partial charge in [-0.2, -0.15) is 0 Å². The average Bonchev–Trinajstić information content (AvgIpc) is 2.86. The van der Waals surface area contributed by atoms with Crippen molar-refractivity contribution in [1.29, 1.82) is 0 Å². The molecule has 0 radical (unpaired) electrons. The minimum atomic E-state index is 0.0133. The zero-order valence-corrected chi connectivity index (χ0v) is 19.4. The van der Waals surface area contributed by atoms with Gasteiger partial charge in [0.25, 0.3) is 0 Å². The molecule has 3 aromatic heterocycles. The molecule has 1 amide bonds. The number of rotatable bonds is 7. The lowest BCUT2D eigenvalue weighted by molar-refractivity contribution is -0.113. The van der Waals surface area contributed by atoms with E-state index in [0.29, 0.717) is 18.1 Å². The zero-order valence-electron chi connectivity index (χ0n) is 18.6. The number of piperazine rings is 1. The number of nitrogens with one attached hydrogen (secondary N) is 2. The van der Waals surface area contributed by atoms with E-state index < -0.39 is 0 Å². The number of thioether (sulfide) groups is 1. The van der Waals surface area contributed by atoms with Crippen LogP contribution < -0.4 is 20.3 Å². The summed E-state index contributed by atoms with van der Waals surface area (Å²) in [5, 5.41) is 7.36. The smallest absolute Gasteiger partial charge is 0.235 e. The highest BCUT2D eigenvalue weighted by atomic mass is 32.2. The Morgan fingerprint density at radius 2 is 2.06 bits per heavy atom. The van der Waals surface area contributed by atoms with Crippen LogP contribution in [0.25, 0.3) is 11.0 Å². The molecule has 0 bridgehead atoms. The predicted octanol–water partition coefficient (Wildman–Crippen LogP) is 1.99. The second kappa shape index (κ2) is 9.90. The van der Waals surface area contributed by atoms with Crippen LogP contribution >= 0.6 is 11.8 Å². The molecular formula is C23H27N7O2S. The van der Waals surface area contributed by atoms with Crippen molar-refractivity contribution in [1.82, 2.24) is 25.2 Å².